The predicted octanol–water partition coefficient (Wildman–Crippen LogP) is 3.20. The molecule has 1 amide bonds. The molecule has 1 unspecified atom stereocenters. The SMILES string of the molecule is N#CC1(c2ccccc2)CCN(C(=O)C2C=C(c3cn[nH]c3)SC2)CC1. The van der Waals surface area contributed by atoms with Gasteiger partial charge >= 0.3 is 0 Å². The van der Waals surface area contributed by atoms with Crippen molar-refractivity contribution >= 4 is 22.6 Å². The number of piperidine rings is 1. The third-order valence-electron chi connectivity index (χ3n) is 5.34. The lowest BCUT2D eigenvalue weighted by Crippen LogP contribution is -2.46. The fraction of sp³-hybridized carbons (Fsp3) is 0.350. The van der Waals surface area contributed by atoms with Gasteiger partial charge in [0.1, 0.15) is 0 Å². The van der Waals surface area contributed by atoms with Crippen molar-refractivity contribution in [1.29, 1.82) is 5.26 Å². The summed E-state index contributed by atoms with van der Waals surface area (Å²) < 4.78 is 0. The van der Waals surface area contributed by atoms with Gasteiger partial charge in [0.15, 0.2) is 0 Å². The van der Waals surface area contributed by atoms with Crippen LogP contribution in [0.15, 0.2) is 48.8 Å². The number of carbonyl (C=O) groups excluding carboxylic acids is 1. The molecule has 1 aromatic heterocycles. The second-order valence-corrected chi connectivity index (χ2v) is 7.88. The summed E-state index contributed by atoms with van der Waals surface area (Å²) in [5, 5.41) is 16.6. The summed E-state index contributed by atoms with van der Waals surface area (Å²) in [6.45, 7) is 1.27. The van der Waals surface area contributed by atoms with E-state index in [2.05, 4.69) is 22.3 Å². The number of thioether (sulfide) groups is 1. The van der Waals surface area contributed by atoms with Gasteiger partial charge in [-0.05, 0) is 18.4 Å². The lowest BCUT2D eigenvalue weighted by atomic mass is 9.74. The van der Waals surface area contributed by atoms with Crippen LogP contribution in [0.1, 0.15) is 24.0 Å². The number of hydrogen-bond donors (Lipinski definition) is 1. The molecule has 2 aromatic rings. The molecule has 0 radical (unpaired) electrons. The maximum Gasteiger partial charge on any atom is 0.230 e. The van der Waals surface area contributed by atoms with E-state index in [-0.39, 0.29) is 11.8 Å². The zero-order chi connectivity index (χ0) is 18.0. The number of benzene rings is 1. The van der Waals surface area contributed by atoms with Crippen LogP contribution in [0, 0.1) is 17.2 Å². The van der Waals surface area contributed by atoms with E-state index in [4.69, 9.17) is 0 Å². The summed E-state index contributed by atoms with van der Waals surface area (Å²) in [5.41, 5.74) is 1.63. The minimum absolute atomic E-state index is 0.0868. The number of carbonyl (C=O) groups is 1. The van der Waals surface area contributed by atoms with Gasteiger partial charge in [-0.1, -0.05) is 36.4 Å². The molecule has 0 spiro atoms. The van der Waals surface area contributed by atoms with Crippen molar-refractivity contribution in [3.05, 3.63) is 59.9 Å². The summed E-state index contributed by atoms with van der Waals surface area (Å²) in [4.78, 5) is 16.0. The van der Waals surface area contributed by atoms with Crippen LogP contribution in [0.5, 0.6) is 0 Å². The largest absolute Gasteiger partial charge is 0.342 e. The van der Waals surface area contributed by atoms with Crippen molar-refractivity contribution in [2.45, 2.75) is 18.3 Å². The Hall–Kier alpha value is -2.52. The fourth-order valence-corrected chi connectivity index (χ4v) is 4.87. The molecule has 0 saturated carbocycles. The highest BCUT2D eigenvalue weighted by Crippen LogP contribution is 2.39. The number of likely N-dealkylation sites (tertiary alicyclic amines) is 1. The summed E-state index contributed by atoms with van der Waals surface area (Å²) >= 11 is 1.70. The summed E-state index contributed by atoms with van der Waals surface area (Å²) in [6.07, 6.45) is 7.08. The number of hydrogen-bond acceptors (Lipinski definition) is 4. The molecule has 5 nitrogen and oxygen atoms in total. The normalized spacial score (nSPS) is 21.9. The zero-order valence-corrected chi connectivity index (χ0v) is 15.2. The first-order valence-corrected chi connectivity index (χ1v) is 9.80. The second-order valence-electron chi connectivity index (χ2n) is 6.82. The van der Waals surface area contributed by atoms with Gasteiger partial charge in [0.05, 0.1) is 23.6 Å². The predicted molar refractivity (Wildman–Crippen MR) is 102 cm³/mol. The molecule has 1 fully saturated rings. The van der Waals surface area contributed by atoms with Gasteiger partial charge in [-0.25, -0.2) is 0 Å². The summed E-state index contributed by atoms with van der Waals surface area (Å²) in [7, 11) is 0. The molecule has 2 aliphatic rings. The molecule has 6 heteroatoms. The van der Waals surface area contributed by atoms with E-state index in [1.807, 2.05) is 41.4 Å². The van der Waals surface area contributed by atoms with Gasteiger partial charge in [-0.3, -0.25) is 9.89 Å². The maximum atomic E-state index is 12.9. The number of H-pyrrole nitrogens is 1. The molecular weight excluding hydrogens is 344 g/mol. The van der Waals surface area contributed by atoms with E-state index in [1.165, 1.54) is 0 Å². The van der Waals surface area contributed by atoms with Crippen LogP contribution in [-0.4, -0.2) is 39.8 Å². The number of aromatic amines is 1. The Labute approximate surface area is 157 Å². The summed E-state index contributed by atoms with van der Waals surface area (Å²) in [6, 6.07) is 12.5. The van der Waals surface area contributed by atoms with Crippen LogP contribution in [0.25, 0.3) is 4.91 Å². The Kier molecular flexibility index (Phi) is 4.56. The molecule has 0 bridgehead atoms. The van der Waals surface area contributed by atoms with Crippen LogP contribution in [0.3, 0.4) is 0 Å². The Bertz CT molecular complexity index is 846. The van der Waals surface area contributed by atoms with Crippen LogP contribution in [0.2, 0.25) is 0 Å². The van der Waals surface area contributed by atoms with Crippen molar-refractivity contribution in [3.63, 3.8) is 0 Å². The quantitative estimate of drug-likeness (QED) is 0.908. The number of amides is 1. The molecule has 1 N–H and O–H groups in total. The molecule has 132 valence electrons. The van der Waals surface area contributed by atoms with Crippen LogP contribution >= 0.6 is 11.8 Å². The molecule has 1 atom stereocenters. The highest BCUT2D eigenvalue weighted by molar-refractivity contribution is 8.08. The molecule has 2 aliphatic heterocycles. The Morgan fingerprint density at radius 2 is 2.08 bits per heavy atom. The third kappa shape index (κ3) is 3.04. The lowest BCUT2D eigenvalue weighted by molar-refractivity contribution is -0.134. The first kappa shape index (κ1) is 16.9. The van der Waals surface area contributed by atoms with Gasteiger partial charge in [0, 0.05) is 35.5 Å². The molecule has 1 aromatic carbocycles. The molecule has 3 heterocycles. The lowest BCUT2D eigenvalue weighted by Gasteiger charge is -2.38. The van der Waals surface area contributed by atoms with Gasteiger partial charge in [-0.2, -0.15) is 10.4 Å². The number of nitrogens with one attached hydrogen (secondary N) is 1. The maximum absolute atomic E-state index is 12.9. The monoisotopic (exact) mass is 364 g/mol. The van der Waals surface area contributed by atoms with E-state index in [0.29, 0.717) is 25.9 Å². The highest BCUT2D eigenvalue weighted by Gasteiger charge is 2.39. The van der Waals surface area contributed by atoms with Crippen molar-refractivity contribution in [3.8, 4) is 6.07 Å². The first-order valence-electron chi connectivity index (χ1n) is 8.81. The number of nitriles is 1. The Balaban J connectivity index is 1.44. The van der Waals surface area contributed by atoms with E-state index >= 15 is 0 Å². The first-order chi connectivity index (χ1) is 12.7. The third-order valence-corrected chi connectivity index (χ3v) is 6.55. The topological polar surface area (TPSA) is 72.8 Å². The smallest absolute Gasteiger partial charge is 0.230 e. The Morgan fingerprint density at radius 1 is 1.31 bits per heavy atom. The van der Waals surface area contributed by atoms with Gasteiger partial charge in [-0.15, -0.1) is 11.8 Å². The molecular formula is C20H20N4OS. The zero-order valence-electron chi connectivity index (χ0n) is 14.4. The Morgan fingerprint density at radius 3 is 2.73 bits per heavy atom. The second kappa shape index (κ2) is 7.00. The van der Waals surface area contributed by atoms with Crippen molar-refractivity contribution in [1.82, 2.24) is 15.1 Å². The van der Waals surface area contributed by atoms with Crippen molar-refractivity contribution < 1.29 is 4.79 Å². The molecule has 4 rings (SSSR count). The standard InChI is InChI=1S/C20H20N4OS/c21-14-20(17-4-2-1-3-5-17)6-8-24(9-7-20)19(25)15-10-18(26-13-15)16-11-22-23-12-16/h1-5,10-12,15H,6-9,13H2,(H,22,23). The van der Waals surface area contributed by atoms with Crippen LogP contribution in [0.4, 0.5) is 0 Å². The fourth-order valence-electron chi connectivity index (χ4n) is 3.73. The van der Waals surface area contributed by atoms with Gasteiger partial charge in [0.2, 0.25) is 5.91 Å². The number of rotatable bonds is 3. The highest BCUT2D eigenvalue weighted by atomic mass is 32.2. The van der Waals surface area contributed by atoms with E-state index < -0.39 is 5.41 Å². The van der Waals surface area contributed by atoms with Gasteiger partial charge in [0.25, 0.3) is 0 Å². The number of nitrogens with zero attached hydrogens (tertiary/aromatic N) is 3. The minimum atomic E-state index is -0.472. The molecule has 0 aliphatic carbocycles. The van der Waals surface area contributed by atoms with Crippen LogP contribution < -0.4 is 0 Å². The minimum Gasteiger partial charge on any atom is -0.342 e. The number of aromatic nitrogens is 2. The van der Waals surface area contributed by atoms with E-state index in [0.717, 1.165) is 21.8 Å². The van der Waals surface area contributed by atoms with E-state index in [9.17, 15) is 10.1 Å². The summed E-state index contributed by atoms with van der Waals surface area (Å²) in [5.74, 6) is 0.865. The average molecular weight is 364 g/mol. The van der Waals surface area contributed by atoms with Crippen molar-refractivity contribution in [2.24, 2.45) is 5.92 Å². The van der Waals surface area contributed by atoms with Gasteiger partial charge < -0.3 is 4.90 Å². The molecule has 26 heavy (non-hydrogen) atoms. The molecule has 1 saturated heterocycles. The average Bonchev–Trinajstić information content (AvgIpc) is 3.40. The van der Waals surface area contributed by atoms with Crippen molar-refractivity contribution in [2.75, 3.05) is 18.8 Å². The van der Waals surface area contributed by atoms with E-state index in [1.54, 1.807) is 18.0 Å². The van der Waals surface area contributed by atoms with Crippen LogP contribution in [-0.2, 0) is 10.2 Å².